The van der Waals surface area contributed by atoms with Crippen LogP contribution in [-0.4, -0.2) is 18.2 Å². The molecule has 2 aromatic rings. The summed E-state index contributed by atoms with van der Waals surface area (Å²) < 4.78 is 13.5. The molecule has 192 valence electrons. The average molecular weight is 563 g/mol. The lowest BCUT2D eigenvalue weighted by atomic mass is 9.71. The molecule has 1 aliphatic heterocycles. The smallest absolute Gasteiger partial charge is 0.165 e. The van der Waals surface area contributed by atoms with Crippen LogP contribution in [0.4, 0.5) is 0 Å². The molecule has 0 aromatic heterocycles. The second kappa shape index (κ2) is 11.1. The Morgan fingerprint density at radius 3 is 2.22 bits per heavy atom. The number of benzene rings is 2. The number of rotatable bonds is 8. The molecule has 0 saturated heterocycles. The number of hydrogen-bond donors (Lipinski definition) is 1. The van der Waals surface area contributed by atoms with Crippen LogP contribution in [0.1, 0.15) is 68.1 Å². The van der Waals surface area contributed by atoms with Crippen LogP contribution in [0.2, 0.25) is 0 Å². The predicted octanol–water partition coefficient (Wildman–Crippen LogP) is 6.86. The van der Waals surface area contributed by atoms with Gasteiger partial charge in [0.15, 0.2) is 23.1 Å². The highest BCUT2D eigenvalue weighted by atomic mass is 79.9. The number of Topliss-reactive ketones (excluding diaryl/α,β-unsaturated/α-hetero) is 2. The number of allylic oxidation sites excluding steroid dienone is 5. The third-order valence-corrected chi connectivity index (χ3v) is 7.77. The minimum absolute atomic E-state index is 0.127. The van der Waals surface area contributed by atoms with Gasteiger partial charge in [0.05, 0.1) is 6.61 Å². The van der Waals surface area contributed by atoms with Crippen molar-refractivity contribution in [2.24, 2.45) is 0 Å². The fourth-order valence-corrected chi connectivity index (χ4v) is 5.90. The van der Waals surface area contributed by atoms with Crippen LogP contribution in [-0.2, 0) is 22.6 Å². The Balaban J connectivity index is 1.61. The number of ketones is 2. The summed E-state index contributed by atoms with van der Waals surface area (Å²) in [5, 5.41) is 3.49. The van der Waals surface area contributed by atoms with Gasteiger partial charge in [-0.2, -0.15) is 0 Å². The molecule has 0 amide bonds. The van der Waals surface area contributed by atoms with Crippen molar-refractivity contribution in [3.8, 4) is 11.5 Å². The third kappa shape index (κ3) is 5.17. The summed E-state index contributed by atoms with van der Waals surface area (Å²) >= 11 is 3.48. The van der Waals surface area contributed by atoms with Crippen molar-refractivity contribution in [3.05, 3.63) is 92.8 Å². The standard InChI is InChI=1S/C31H32BrNO4/c1-3-7-20-16-21(17-27(36-4-2)31(20)37-18-19-12-14-22(32)15-13-19)28-29-23(8-5-10-25(29)34)33-24-9-6-11-26(35)30(24)28/h3,12-17,28,33H,1,4-11,18H2,2H3. The maximum absolute atomic E-state index is 13.3. The minimum Gasteiger partial charge on any atom is -0.490 e. The van der Waals surface area contributed by atoms with Gasteiger partial charge >= 0.3 is 0 Å². The summed E-state index contributed by atoms with van der Waals surface area (Å²) in [4.78, 5) is 26.5. The Kier molecular flexibility index (Phi) is 7.65. The number of carbonyl (C=O) groups is 2. The van der Waals surface area contributed by atoms with E-state index in [1.165, 1.54) is 0 Å². The maximum atomic E-state index is 13.3. The summed E-state index contributed by atoms with van der Waals surface area (Å²) in [5.41, 5.74) is 6.34. The largest absolute Gasteiger partial charge is 0.490 e. The first-order chi connectivity index (χ1) is 18.0. The van der Waals surface area contributed by atoms with Crippen molar-refractivity contribution in [3.63, 3.8) is 0 Å². The topological polar surface area (TPSA) is 64.6 Å². The molecule has 0 saturated carbocycles. The number of nitrogens with one attached hydrogen (secondary N) is 1. The summed E-state index contributed by atoms with van der Waals surface area (Å²) in [6.45, 7) is 6.77. The summed E-state index contributed by atoms with van der Waals surface area (Å²) in [6, 6.07) is 12.1. The van der Waals surface area contributed by atoms with E-state index in [1.807, 2.05) is 43.3 Å². The first-order valence-corrected chi connectivity index (χ1v) is 13.9. The van der Waals surface area contributed by atoms with Crippen LogP contribution in [0.5, 0.6) is 11.5 Å². The molecule has 0 unspecified atom stereocenters. The molecule has 5 rings (SSSR count). The highest BCUT2D eigenvalue weighted by Crippen LogP contribution is 2.47. The molecule has 0 fully saturated rings. The van der Waals surface area contributed by atoms with Gasteiger partial charge in [-0.1, -0.05) is 40.2 Å². The Morgan fingerprint density at radius 1 is 0.973 bits per heavy atom. The molecule has 6 heteroatoms. The fraction of sp³-hybridized carbons (Fsp3) is 0.355. The first kappa shape index (κ1) is 25.5. The Bertz CT molecular complexity index is 1260. The molecule has 0 spiro atoms. The van der Waals surface area contributed by atoms with E-state index in [0.29, 0.717) is 44.0 Å². The van der Waals surface area contributed by atoms with Crippen molar-refractivity contribution in [2.45, 2.75) is 64.4 Å². The van der Waals surface area contributed by atoms with E-state index in [9.17, 15) is 9.59 Å². The van der Waals surface area contributed by atoms with Gasteiger partial charge in [0.1, 0.15) is 6.61 Å². The zero-order chi connectivity index (χ0) is 25.9. The van der Waals surface area contributed by atoms with Crippen LogP contribution in [0.3, 0.4) is 0 Å². The highest BCUT2D eigenvalue weighted by molar-refractivity contribution is 9.10. The number of carbonyl (C=O) groups excluding carboxylic acids is 2. The lowest BCUT2D eigenvalue weighted by Crippen LogP contribution is -2.36. The van der Waals surface area contributed by atoms with Gasteiger partial charge in [-0.25, -0.2) is 0 Å². The summed E-state index contributed by atoms with van der Waals surface area (Å²) in [7, 11) is 0. The van der Waals surface area contributed by atoms with E-state index >= 15 is 0 Å². The van der Waals surface area contributed by atoms with E-state index in [1.54, 1.807) is 0 Å². The summed E-state index contributed by atoms with van der Waals surface area (Å²) in [5.74, 6) is 1.18. The molecule has 3 aliphatic rings. The lowest BCUT2D eigenvalue weighted by molar-refractivity contribution is -0.117. The molecule has 1 N–H and O–H groups in total. The molecular formula is C31H32BrNO4. The van der Waals surface area contributed by atoms with Gasteiger partial charge in [-0.05, 0) is 68.4 Å². The number of halogens is 1. The van der Waals surface area contributed by atoms with E-state index in [-0.39, 0.29) is 17.5 Å². The quantitative estimate of drug-likeness (QED) is 0.357. The van der Waals surface area contributed by atoms with Crippen LogP contribution in [0.25, 0.3) is 0 Å². The maximum Gasteiger partial charge on any atom is 0.165 e. The zero-order valence-corrected chi connectivity index (χ0v) is 22.8. The van der Waals surface area contributed by atoms with Crippen molar-refractivity contribution in [1.29, 1.82) is 0 Å². The van der Waals surface area contributed by atoms with Crippen LogP contribution >= 0.6 is 15.9 Å². The second-order valence-corrected chi connectivity index (χ2v) is 10.7. The van der Waals surface area contributed by atoms with Gasteiger partial charge in [0.25, 0.3) is 0 Å². The van der Waals surface area contributed by atoms with Crippen molar-refractivity contribution in [2.75, 3.05) is 6.61 Å². The van der Waals surface area contributed by atoms with Gasteiger partial charge in [0, 0.05) is 51.3 Å². The minimum atomic E-state index is -0.379. The van der Waals surface area contributed by atoms with Crippen LogP contribution in [0, 0.1) is 0 Å². The normalized spacial score (nSPS) is 17.8. The highest BCUT2D eigenvalue weighted by Gasteiger charge is 2.40. The molecule has 37 heavy (non-hydrogen) atoms. The van der Waals surface area contributed by atoms with Gasteiger partial charge in [-0.15, -0.1) is 6.58 Å². The molecule has 2 aromatic carbocycles. The fourth-order valence-electron chi connectivity index (χ4n) is 5.64. The number of dihydropyridines is 1. The third-order valence-electron chi connectivity index (χ3n) is 7.24. The zero-order valence-electron chi connectivity index (χ0n) is 21.2. The molecular weight excluding hydrogens is 530 g/mol. The molecule has 2 aliphatic carbocycles. The van der Waals surface area contributed by atoms with Crippen molar-refractivity contribution < 1.29 is 19.1 Å². The van der Waals surface area contributed by atoms with E-state index < -0.39 is 0 Å². The molecule has 1 heterocycles. The molecule has 0 bridgehead atoms. The van der Waals surface area contributed by atoms with Crippen LogP contribution in [0.15, 0.2) is 76.1 Å². The number of hydrogen-bond acceptors (Lipinski definition) is 5. The Morgan fingerprint density at radius 2 is 1.62 bits per heavy atom. The first-order valence-electron chi connectivity index (χ1n) is 13.1. The number of ether oxygens (including phenoxy) is 2. The second-order valence-electron chi connectivity index (χ2n) is 9.74. The molecule has 0 radical (unpaired) electrons. The van der Waals surface area contributed by atoms with Gasteiger partial charge < -0.3 is 14.8 Å². The van der Waals surface area contributed by atoms with E-state index in [4.69, 9.17) is 9.47 Å². The average Bonchev–Trinajstić information content (AvgIpc) is 2.88. The molecule has 0 atom stereocenters. The summed E-state index contributed by atoms with van der Waals surface area (Å²) in [6.07, 6.45) is 6.78. The van der Waals surface area contributed by atoms with Crippen molar-refractivity contribution in [1.82, 2.24) is 5.32 Å². The van der Waals surface area contributed by atoms with Crippen molar-refractivity contribution >= 4 is 27.5 Å². The predicted molar refractivity (Wildman–Crippen MR) is 148 cm³/mol. The van der Waals surface area contributed by atoms with E-state index in [2.05, 4.69) is 33.9 Å². The SMILES string of the molecule is C=CCc1cc(C2C3=C(CCCC3=O)NC3=C2C(=O)CCC3)cc(OCC)c1OCc1ccc(Br)cc1. The monoisotopic (exact) mass is 561 g/mol. The van der Waals surface area contributed by atoms with E-state index in [0.717, 1.165) is 69.4 Å². The Hall–Kier alpha value is -3.12. The van der Waals surface area contributed by atoms with Gasteiger partial charge in [0.2, 0.25) is 0 Å². The van der Waals surface area contributed by atoms with Crippen LogP contribution < -0.4 is 14.8 Å². The lowest BCUT2D eigenvalue weighted by Gasteiger charge is -2.37. The van der Waals surface area contributed by atoms with Gasteiger partial charge in [-0.3, -0.25) is 9.59 Å². The Labute approximate surface area is 226 Å². The molecule has 5 nitrogen and oxygen atoms in total.